The summed E-state index contributed by atoms with van der Waals surface area (Å²) in [5, 5.41) is 6.69. The Kier molecular flexibility index (Phi) is 4.36. The van der Waals surface area contributed by atoms with Crippen molar-refractivity contribution in [1.29, 1.82) is 0 Å². The molecule has 1 aromatic heterocycles. The van der Waals surface area contributed by atoms with Crippen LogP contribution in [-0.2, 0) is 0 Å². The second-order valence-corrected chi connectivity index (χ2v) is 5.22. The molecule has 1 aliphatic rings. The third-order valence-corrected chi connectivity index (χ3v) is 2.85. The van der Waals surface area contributed by atoms with Gasteiger partial charge in [-0.1, -0.05) is 0 Å². The van der Waals surface area contributed by atoms with Gasteiger partial charge >= 0.3 is 0 Å². The largest absolute Gasteiger partial charge is 0.367 e. The summed E-state index contributed by atoms with van der Waals surface area (Å²) < 4.78 is 0. The Labute approximate surface area is 109 Å². The van der Waals surface area contributed by atoms with Gasteiger partial charge in [-0.2, -0.15) is 4.98 Å². The highest BCUT2D eigenvalue weighted by Crippen LogP contribution is 2.24. The molecule has 5 nitrogen and oxygen atoms in total. The molecular weight excluding hydrogens is 226 g/mol. The molecule has 0 aromatic carbocycles. The fraction of sp³-hybridized carbons (Fsp3) is 0.692. The van der Waals surface area contributed by atoms with Crippen LogP contribution in [0.25, 0.3) is 0 Å². The highest BCUT2D eigenvalue weighted by Gasteiger charge is 2.21. The molecule has 1 saturated carbocycles. The van der Waals surface area contributed by atoms with Crippen LogP contribution in [0.4, 0.5) is 11.8 Å². The lowest BCUT2D eigenvalue weighted by Gasteiger charge is -2.11. The molecule has 1 heterocycles. The van der Waals surface area contributed by atoms with Gasteiger partial charge in [-0.3, -0.25) is 0 Å². The molecule has 100 valence electrons. The molecule has 1 aliphatic carbocycles. The minimum atomic E-state index is 0.626. The van der Waals surface area contributed by atoms with Crippen molar-refractivity contribution in [2.75, 3.05) is 37.8 Å². The number of nitrogens with zero attached hydrogens (tertiary/aromatic N) is 3. The molecule has 1 aromatic rings. The smallest absolute Gasteiger partial charge is 0.224 e. The molecule has 0 unspecified atom stereocenters. The normalized spacial score (nSPS) is 14.9. The van der Waals surface area contributed by atoms with Crippen molar-refractivity contribution in [3.63, 3.8) is 0 Å². The third kappa shape index (κ3) is 4.49. The predicted octanol–water partition coefficient (Wildman–Crippen LogP) is 1.72. The molecule has 0 saturated heterocycles. The van der Waals surface area contributed by atoms with E-state index < -0.39 is 0 Å². The molecule has 0 atom stereocenters. The first-order valence-corrected chi connectivity index (χ1v) is 6.64. The summed E-state index contributed by atoms with van der Waals surface area (Å²) in [5.41, 5.74) is 1.00. The van der Waals surface area contributed by atoms with E-state index in [2.05, 4.69) is 39.6 Å². The lowest BCUT2D eigenvalue weighted by atomic mass is 10.4. The summed E-state index contributed by atoms with van der Waals surface area (Å²) in [6.07, 6.45) is 3.61. The Morgan fingerprint density at radius 3 is 2.78 bits per heavy atom. The first-order chi connectivity index (χ1) is 8.63. The Bertz CT molecular complexity index is 387. The lowest BCUT2D eigenvalue weighted by Crippen LogP contribution is -2.17. The molecule has 1 fully saturated rings. The second kappa shape index (κ2) is 6.00. The average molecular weight is 249 g/mol. The number of hydrogen-bond acceptors (Lipinski definition) is 5. The van der Waals surface area contributed by atoms with Crippen molar-refractivity contribution < 1.29 is 0 Å². The Morgan fingerprint density at radius 1 is 1.33 bits per heavy atom. The van der Waals surface area contributed by atoms with Gasteiger partial charge in [0.25, 0.3) is 0 Å². The minimum absolute atomic E-state index is 0.626. The maximum atomic E-state index is 4.48. The highest BCUT2D eigenvalue weighted by molar-refractivity contribution is 5.43. The quantitative estimate of drug-likeness (QED) is 0.721. The van der Waals surface area contributed by atoms with Gasteiger partial charge in [-0.05, 0) is 46.8 Å². The first kappa shape index (κ1) is 13.1. The monoisotopic (exact) mass is 249 g/mol. The van der Waals surface area contributed by atoms with Gasteiger partial charge in [-0.15, -0.1) is 0 Å². The van der Waals surface area contributed by atoms with Crippen molar-refractivity contribution in [2.45, 2.75) is 32.2 Å². The van der Waals surface area contributed by atoms with Crippen LogP contribution >= 0.6 is 0 Å². The first-order valence-electron chi connectivity index (χ1n) is 6.64. The van der Waals surface area contributed by atoms with E-state index in [0.717, 1.165) is 37.0 Å². The Balaban J connectivity index is 1.84. The maximum absolute atomic E-state index is 4.48. The molecule has 0 spiro atoms. The highest BCUT2D eigenvalue weighted by atomic mass is 15.2. The van der Waals surface area contributed by atoms with Crippen LogP contribution < -0.4 is 10.6 Å². The van der Waals surface area contributed by atoms with Crippen molar-refractivity contribution in [3.05, 3.63) is 11.8 Å². The summed E-state index contributed by atoms with van der Waals surface area (Å²) in [6.45, 7) is 3.99. The van der Waals surface area contributed by atoms with Crippen molar-refractivity contribution in [3.8, 4) is 0 Å². The van der Waals surface area contributed by atoms with E-state index in [-0.39, 0.29) is 0 Å². The SMILES string of the molecule is Cc1cc(NC2CC2)nc(NCCCN(C)C)n1. The van der Waals surface area contributed by atoms with Crippen LogP contribution in [0, 0.1) is 6.92 Å². The maximum Gasteiger partial charge on any atom is 0.224 e. The van der Waals surface area contributed by atoms with Gasteiger partial charge in [-0.25, -0.2) is 4.98 Å². The zero-order valence-corrected chi connectivity index (χ0v) is 11.5. The predicted molar refractivity (Wildman–Crippen MR) is 75.1 cm³/mol. The van der Waals surface area contributed by atoms with E-state index in [1.54, 1.807) is 0 Å². The fourth-order valence-electron chi connectivity index (χ4n) is 1.75. The van der Waals surface area contributed by atoms with Crippen molar-refractivity contribution in [1.82, 2.24) is 14.9 Å². The van der Waals surface area contributed by atoms with Gasteiger partial charge in [0.2, 0.25) is 5.95 Å². The van der Waals surface area contributed by atoms with Crippen LogP contribution in [0.1, 0.15) is 25.0 Å². The summed E-state index contributed by atoms with van der Waals surface area (Å²) in [6, 6.07) is 2.63. The molecule has 2 N–H and O–H groups in total. The van der Waals surface area contributed by atoms with Gasteiger partial charge in [0.15, 0.2) is 0 Å². The van der Waals surface area contributed by atoms with Gasteiger partial charge in [0.1, 0.15) is 5.82 Å². The fourth-order valence-corrected chi connectivity index (χ4v) is 1.75. The number of aryl methyl sites for hydroxylation is 1. The van der Waals surface area contributed by atoms with E-state index in [1.807, 2.05) is 13.0 Å². The van der Waals surface area contributed by atoms with Crippen LogP contribution in [0.15, 0.2) is 6.07 Å². The average Bonchev–Trinajstić information content (AvgIpc) is 3.07. The van der Waals surface area contributed by atoms with Gasteiger partial charge in [0.05, 0.1) is 0 Å². The molecule has 0 amide bonds. The van der Waals surface area contributed by atoms with Crippen molar-refractivity contribution in [2.24, 2.45) is 0 Å². The zero-order valence-electron chi connectivity index (χ0n) is 11.5. The summed E-state index contributed by atoms with van der Waals surface area (Å²) in [4.78, 5) is 11.1. The summed E-state index contributed by atoms with van der Waals surface area (Å²) >= 11 is 0. The summed E-state index contributed by atoms with van der Waals surface area (Å²) in [5.74, 6) is 1.68. The molecule has 0 bridgehead atoms. The van der Waals surface area contributed by atoms with E-state index in [9.17, 15) is 0 Å². The van der Waals surface area contributed by atoms with Gasteiger partial charge < -0.3 is 15.5 Å². The van der Waals surface area contributed by atoms with Crippen molar-refractivity contribution >= 4 is 11.8 Å². The molecule has 0 aliphatic heterocycles. The summed E-state index contributed by atoms with van der Waals surface area (Å²) in [7, 11) is 4.17. The minimum Gasteiger partial charge on any atom is -0.367 e. The number of nitrogens with one attached hydrogen (secondary N) is 2. The number of hydrogen-bond donors (Lipinski definition) is 2. The van der Waals surface area contributed by atoms with E-state index in [0.29, 0.717) is 6.04 Å². The number of rotatable bonds is 7. The Morgan fingerprint density at radius 2 is 2.11 bits per heavy atom. The standard InChI is InChI=1S/C13H23N5/c1-10-9-12(16-11-5-6-11)17-13(15-10)14-7-4-8-18(2)3/h9,11H,4-8H2,1-3H3,(H2,14,15,16,17). The van der Waals surface area contributed by atoms with Gasteiger partial charge in [0, 0.05) is 24.3 Å². The zero-order chi connectivity index (χ0) is 13.0. The van der Waals surface area contributed by atoms with E-state index in [4.69, 9.17) is 0 Å². The third-order valence-electron chi connectivity index (χ3n) is 2.85. The topological polar surface area (TPSA) is 53.1 Å². The van der Waals surface area contributed by atoms with Crippen LogP contribution in [0.3, 0.4) is 0 Å². The molecule has 2 rings (SSSR count). The van der Waals surface area contributed by atoms with Crippen LogP contribution in [0.2, 0.25) is 0 Å². The second-order valence-electron chi connectivity index (χ2n) is 5.22. The molecule has 5 heteroatoms. The number of anilines is 2. The molecule has 18 heavy (non-hydrogen) atoms. The van der Waals surface area contributed by atoms with Crippen LogP contribution in [0.5, 0.6) is 0 Å². The van der Waals surface area contributed by atoms with E-state index >= 15 is 0 Å². The molecular formula is C13H23N5. The lowest BCUT2D eigenvalue weighted by molar-refractivity contribution is 0.405. The van der Waals surface area contributed by atoms with Crippen LogP contribution in [-0.4, -0.2) is 48.1 Å². The van der Waals surface area contributed by atoms with E-state index in [1.165, 1.54) is 12.8 Å². The number of aromatic nitrogens is 2. The molecule has 0 radical (unpaired) electrons. The Hall–Kier alpha value is -1.36.